The lowest BCUT2D eigenvalue weighted by Crippen LogP contribution is -2.45. The SMILES string of the molecule is CCNC(C)CC(=O)N1c2ccccc2CC1C(=O)O. The van der Waals surface area contributed by atoms with Crippen LogP contribution in [0.2, 0.25) is 0 Å². The molecule has 108 valence electrons. The summed E-state index contributed by atoms with van der Waals surface area (Å²) in [6.07, 6.45) is 0.679. The molecule has 0 fully saturated rings. The van der Waals surface area contributed by atoms with Crippen LogP contribution in [0.5, 0.6) is 0 Å². The number of rotatable bonds is 5. The van der Waals surface area contributed by atoms with Crippen molar-refractivity contribution in [2.24, 2.45) is 0 Å². The van der Waals surface area contributed by atoms with E-state index in [2.05, 4.69) is 5.32 Å². The minimum absolute atomic E-state index is 0.0368. The third-order valence-electron chi connectivity index (χ3n) is 3.56. The van der Waals surface area contributed by atoms with Crippen LogP contribution >= 0.6 is 0 Å². The standard InChI is InChI=1S/C15H20N2O3/c1-3-16-10(2)8-14(18)17-12-7-5-4-6-11(12)9-13(17)15(19)20/h4-7,10,13,16H,3,8-9H2,1-2H3,(H,19,20). The van der Waals surface area contributed by atoms with Gasteiger partial charge in [-0.2, -0.15) is 0 Å². The third-order valence-corrected chi connectivity index (χ3v) is 3.56. The van der Waals surface area contributed by atoms with Gasteiger partial charge in [-0.15, -0.1) is 0 Å². The number of nitrogens with one attached hydrogen (secondary N) is 1. The zero-order valence-electron chi connectivity index (χ0n) is 11.8. The summed E-state index contributed by atoms with van der Waals surface area (Å²) < 4.78 is 0. The molecule has 1 heterocycles. The molecule has 5 heteroatoms. The van der Waals surface area contributed by atoms with Crippen molar-refractivity contribution in [3.05, 3.63) is 29.8 Å². The average Bonchev–Trinajstić information content (AvgIpc) is 2.78. The molecule has 1 aliphatic heterocycles. The number of amides is 1. The van der Waals surface area contributed by atoms with Gasteiger partial charge in [-0.05, 0) is 25.1 Å². The fourth-order valence-electron chi connectivity index (χ4n) is 2.67. The van der Waals surface area contributed by atoms with Crippen LogP contribution in [-0.2, 0) is 16.0 Å². The van der Waals surface area contributed by atoms with Gasteiger partial charge in [0.2, 0.25) is 5.91 Å². The van der Waals surface area contributed by atoms with Crippen LogP contribution in [-0.4, -0.2) is 35.6 Å². The Hall–Kier alpha value is -1.88. The normalized spacial score (nSPS) is 18.7. The molecule has 0 radical (unpaired) electrons. The molecule has 5 nitrogen and oxygen atoms in total. The Morgan fingerprint density at radius 2 is 2.15 bits per heavy atom. The largest absolute Gasteiger partial charge is 0.480 e. The first-order chi connectivity index (χ1) is 9.54. The molecule has 1 aliphatic rings. The van der Waals surface area contributed by atoms with E-state index >= 15 is 0 Å². The molecule has 2 atom stereocenters. The summed E-state index contributed by atoms with van der Waals surface area (Å²) in [5, 5.41) is 12.5. The maximum absolute atomic E-state index is 12.4. The van der Waals surface area contributed by atoms with Gasteiger partial charge in [-0.3, -0.25) is 9.69 Å². The summed E-state index contributed by atoms with van der Waals surface area (Å²) in [7, 11) is 0. The molecule has 0 aliphatic carbocycles. The molecule has 0 saturated heterocycles. The quantitative estimate of drug-likeness (QED) is 0.853. The first kappa shape index (κ1) is 14.5. The number of carbonyl (C=O) groups is 2. The van der Waals surface area contributed by atoms with E-state index in [9.17, 15) is 14.7 Å². The van der Waals surface area contributed by atoms with E-state index in [1.54, 1.807) is 0 Å². The molecular formula is C15H20N2O3. The van der Waals surface area contributed by atoms with Crippen molar-refractivity contribution in [1.82, 2.24) is 5.32 Å². The molecule has 2 N–H and O–H groups in total. The maximum Gasteiger partial charge on any atom is 0.327 e. The predicted octanol–water partition coefficient (Wildman–Crippen LogP) is 1.42. The number of carboxylic acids is 1. The zero-order valence-corrected chi connectivity index (χ0v) is 11.8. The summed E-state index contributed by atoms with van der Waals surface area (Å²) in [6, 6.07) is 6.65. The van der Waals surface area contributed by atoms with E-state index in [1.807, 2.05) is 38.1 Å². The molecule has 0 aromatic heterocycles. The summed E-state index contributed by atoms with van der Waals surface area (Å²) >= 11 is 0. The monoisotopic (exact) mass is 276 g/mol. The summed E-state index contributed by atoms with van der Waals surface area (Å²) in [5.74, 6) is -1.10. The van der Waals surface area contributed by atoms with Gasteiger partial charge < -0.3 is 10.4 Å². The van der Waals surface area contributed by atoms with Gasteiger partial charge >= 0.3 is 5.97 Å². The first-order valence-corrected chi connectivity index (χ1v) is 6.90. The second-order valence-corrected chi connectivity index (χ2v) is 5.11. The predicted molar refractivity (Wildman–Crippen MR) is 76.8 cm³/mol. The average molecular weight is 276 g/mol. The van der Waals surface area contributed by atoms with Crippen LogP contribution in [0.4, 0.5) is 5.69 Å². The number of para-hydroxylation sites is 1. The summed E-state index contributed by atoms with van der Waals surface area (Å²) in [5.41, 5.74) is 1.65. The van der Waals surface area contributed by atoms with Crippen molar-refractivity contribution in [3.8, 4) is 0 Å². The van der Waals surface area contributed by atoms with E-state index in [0.717, 1.165) is 17.8 Å². The minimum Gasteiger partial charge on any atom is -0.480 e. The smallest absolute Gasteiger partial charge is 0.327 e. The Morgan fingerprint density at radius 3 is 2.80 bits per heavy atom. The molecule has 0 spiro atoms. The fourth-order valence-corrected chi connectivity index (χ4v) is 2.67. The van der Waals surface area contributed by atoms with Crippen molar-refractivity contribution >= 4 is 17.6 Å². The molecule has 20 heavy (non-hydrogen) atoms. The van der Waals surface area contributed by atoms with Gasteiger partial charge in [0, 0.05) is 24.6 Å². The molecule has 1 amide bonds. The number of hydrogen-bond donors (Lipinski definition) is 2. The number of benzene rings is 1. The minimum atomic E-state index is -0.953. The van der Waals surface area contributed by atoms with Crippen molar-refractivity contribution in [3.63, 3.8) is 0 Å². The second kappa shape index (κ2) is 6.05. The number of aliphatic carboxylic acids is 1. The second-order valence-electron chi connectivity index (χ2n) is 5.11. The van der Waals surface area contributed by atoms with Gasteiger partial charge in [0.25, 0.3) is 0 Å². The molecule has 2 unspecified atom stereocenters. The highest BCUT2D eigenvalue weighted by atomic mass is 16.4. The molecule has 1 aromatic carbocycles. The van der Waals surface area contributed by atoms with Crippen LogP contribution in [0.15, 0.2) is 24.3 Å². The highest BCUT2D eigenvalue weighted by molar-refractivity contribution is 6.02. The number of nitrogens with zero attached hydrogens (tertiary/aromatic N) is 1. The number of carboxylic acid groups (broad SMARTS) is 1. The maximum atomic E-state index is 12.4. The number of anilines is 1. The molecule has 1 aromatic rings. The van der Waals surface area contributed by atoms with Gasteiger partial charge in [0.05, 0.1) is 0 Å². The fraction of sp³-hybridized carbons (Fsp3) is 0.467. The van der Waals surface area contributed by atoms with Crippen molar-refractivity contribution in [1.29, 1.82) is 0 Å². The van der Waals surface area contributed by atoms with Crippen LogP contribution in [0.1, 0.15) is 25.8 Å². The van der Waals surface area contributed by atoms with Gasteiger partial charge in [-0.25, -0.2) is 4.79 Å². The van der Waals surface area contributed by atoms with Crippen LogP contribution < -0.4 is 10.2 Å². The Morgan fingerprint density at radius 1 is 1.45 bits per heavy atom. The van der Waals surface area contributed by atoms with Gasteiger partial charge in [0.1, 0.15) is 6.04 Å². The highest BCUT2D eigenvalue weighted by Gasteiger charge is 2.38. The van der Waals surface area contributed by atoms with E-state index < -0.39 is 12.0 Å². The van der Waals surface area contributed by atoms with Gasteiger partial charge in [0.15, 0.2) is 0 Å². The van der Waals surface area contributed by atoms with Crippen molar-refractivity contribution in [2.45, 2.75) is 38.8 Å². The topological polar surface area (TPSA) is 69.6 Å². The van der Waals surface area contributed by atoms with Crippen molar-refractivity contribution < 1.29 is 14.7 Å². The lowest BCUT2D eigenvalue weighted by atomic mass is 10.1. The number of fused-ring (bicyclic) bond motifs is 1. The molecule has 0 bridgehead atoms. The summed E-state index contributed by atoms with van der Waals surface area (Å²) in [6.45, 7) is 4.69. The summed E-state index contributed by atoms with van der Waals surface area (Å²) in [4.78, 5) is 25.3. The lowest BCUT2D eigenvalue weighted by molar-refractivity contribution is -0.139. The van der Waals surface area contributed by atoms with E-state index in [-0.39, 0.29) is 11.9 Å². The Kier molecular flexibility index (Phi) is 4.39. The van der Waals surface area contributed by atoms with Crippen LogP contribution in [0.25, 0.3) is 0 Å². The van der Waals surface area contributed by atoms with E-state index in [1.165, 1.54) is 4.90 Å². The molecular weight excluding hydrogens is 256 g/mol. The third kappa shape index (κ3) is 2.82. The molecule has 2 rings (SSSR count). The van der Waals surface area contributed by atoms with Crippen molar-refractivity contribution in [2.75, 3.05) is 11.4 Å². The number of hydrogen-bond acceptors (Lipinski definition) is 3. The van der Waals surface area contributed by atoms with Crippen LogP contribution in [0.3, 0.4) is 0 Å². The Balaban J connectivity index is 2.22. The van der Waals surface area contributed by atoms with Gasteiger partial charge in [-0.1, -0.05) is 25.1 Å². The van der Waals surface area contributed by atoms with E-state index in [4.69, 9.17) is 0 Å². The van der Waals surface area contributed by atoms with Crippen LogP contribution in [0, 0.1) is 0 Å². The number of carbonyl (C=O) groups excluding carboxylic acids is 1. The highest BCUT2D eigenvalue weighted by Crippen LogP contribution is 2.32. The lowest BCUT2D eigenvalue weighted by Gasteiger charge is -2.24. The molecule has 0 saturated carbocycles. The Labute approximate surface area is 118 Å². The van der Waals surface area contributed by atoms with E-state index in [0.29, 0.717) is 12.8 Å². The Bertz CT molecular complexity index is 516. The zero-order chi connectivity index (χ0) is 14.7. The first-order valence-electron chi connectivity index (χ1n) is 6.90.